The molecule has 0 aromatic heterocycles. The maximum atomic E-state index is 10.4. The van der Waals surface area contributed by atoms with Crippen LogP contribution in [0.1, 0.15) is 18.9 Å². The van der Waals surface area contributed by atoms with Crippen LogP contribution >= 0.6 is 0 Å². The van der Waals surface area contributed by atoms with Gasteiger partial charge in [0.25, 0.3) is 0 Å². The lowest BCUT2D eigenvalue weighted by Crippen LogP contribution is -2.00. The molecule has 84 valence electrons. The summed E-state index contributed by atoms with van der Waals surface area (Å²) in [5.41, 5.74) is 0.993. The van der Waals surface area contributed by atoms with Gasteiger partial charge in [-0.25, -0.2) is 0 Å². The highest BCUT2D eigenvalue weighted by Crippen LogP contribution is 2.14. The third kappa shape index (κ3) is 4.95. The zero-order valence-electron chi connectivity index (χ0n) is 8.77. The molecule has 0 aliphatic heterocycles. The van der Waals surface area contributed by atoms with Gasteiger partial charge >= 0.3 is 0 Å². The molecule has 0 fully saturated rings. The van der Waals surface area contributed by atoms with Crippen LogP contribution in [0.15, 0.2) is 24.3 Å². The molecule has 1 atom stereocenters. The van der Waals surface area contributed by atoms with Crippen LogP contribution < -0.4 is 4.74 Å². The summed E-state index contributed by atoms with van der Waals surface area (Å²) in [4.78, 5) is 0. The van der Waals surface area contributed by atoms with Gasteiger partial charge in [-0.15, -0.1) is 0 Å². The Morgan fingerprint density at radius 2 is 2.27 bits per heavy atom. The van der Waals surface area contributed by atoms with E-state index >= 15 is 0 Å². The lowest BCUT2D eigenvalue weighted by atomic mass is 10.2. The number of benzene rings is 1. The van der Waals surface area contributed by atoms with E-state index in [0.717, 1.165) is 17.7 Å². The molecule has 0 amide bonds. The van der Waals surface area contributed by atoms with Crippen molar-refractivity contribution in [3.05, 3.63) is 29.8 Å². The second kappa shape index (κ2) is 6.58. The van der Waals surface area contributed by atoms with Gasteiger partial charge in [0, 0.05) is 5.75 Å². The normalized spacial score (nSPS) is 12.4. The summed E-state index contributed by atoms with van der Waals surface area (Å²) in [5, 5.41) is 0. The summed E-state index contributed by atoms with van der Waals surface area (Å²) in [7, 11) is 0. The van der Waals surface area contributed by atoms with Crippen LogP contribution in [0, 0.1) is 0 Å². The van der Waals surface area contributed by atoms with E-state index in [2.05, 4.69) is 0 Å². The molecule has 0 radical (unpaired) electrons. The number of hydrogen-bond acceptors (Lipinski definition) is 3. The largest absolute Gasteiger partial charge is 0.772 e. The maximum Gasteiger partial charge on any atom is 0.119 e. The Kier molecular flexibility index (Phi) is 5.36. The van der Waals surface area contributed by atoms with E-state index in [1.807, 2.05) is 31.2 Å². The lowest BCUT2D eigenvalue weighted by Gasteiger charge is -2.08. The Balaban J connectivity index is 2.53. The predicted octanol–water partition coefficient (Wildman–Crippen LogP) is 1.90. The second-order valence-corrected chi connectivity index (χ2v) is 4.27. The molecule has 1 rings (SSSR count). The number of hydrogen-bond donors (Lipinski definition) is 0. The molecule has 0 spiro atoms. The monoisotopic (exact) mass is 227 g/mol. The van der Waals surface area contributed by atoms with Gasteiger partial charge in [-0.1, -0.05) is 30.1 Å². The zero-order valence-corrected chi connectivity index (χ0v) is 9.59. The van der Waals surface area contributed by atoms with Crippen molar-refractivity contribution in [3.63, 3.8) is 0 Å². The second-order valence-electron chi connectivity index (χ2n) is 3.25. The number of ether oxygens (including phenoxy) is 1. The van der Waals surface area contributed by atoms with Crippen LogP contribution in [0.3, 0.4) is 0 Å². The van der Waals surface area contributed by atoms with Crippen molar-refractivity contribution in [3.8, 4) is 5.75 Å². The first-order valence-corrected chi connectivity index (χ1v) is 6.24. The first-order chi connectivity index (χ1) is 7.22. The Labute approximate surface area is 92.7 Å². The fourth-order valence-electron chi connectivity index (χ4n) is 1.21. The molecular formula is C11H15O3S-. The van der Waals surface area contributed by atoms with Gasteiger partial charge < -0.3 is 9.29 Å². The van der Waals surface area contributed by atoms with Crippen molar-refractivity contribution in [2.24, 2.45) is 0 Å². The highest BCUT2D eigenvalue weighted by molar-refractivity contribution is 7.79. The molecule has 0 N–H and O–H groups in total. The molecule has 0 saturated carbocycles. The van der Waals surface area contributed by atoms with E-state index in [1.165, 1.54) is 0 Å². The minimum atomic E-state index is -1.97. The van der Waals surface area contributed by atoms with Crippen LogP contribution in [-0.2, 0) is 17.5 Å². The highest BCUT2D eigenvalue weighted by Gasteiger charge is 1.96. The van der Waals surface area contributed by atoms with E-state index in [9.17, 15) is 8.76 Å². The van der Waals surface area contributed by atoms with E-state index in [0.29, 0.717) is 13.0 Å². The Hall–Kier alpha value is -0.870. The van der Waals surface area contributed by atoms with Crippen LogP contribution in [0.4, 0.5) is 0 Å². The lowest BCUT2D eigenvalue weighted by molar-refractivity contribution is 0.317. The van der Waals surface area contributed by atoms with Crippen LogP contribution in [-0.4, -0.2) is 21.1 Å². The van der Waals surface area contributed by atoms with E-state index in [4.69, 9.17) is 4.74 Å². The van der Waals surface area contributed by atoms with Crippen molar-refractivity contribution in [2.75, 3.05) is 12.4 Å². The molecule has 0 aliphatic rings. The van der Waals surface area contributed by atoms with E-state index in [-0.39, 0.29) is 5.75 Å². The SMILES string of the molecule is CCCOc1cccc(CCS(=O)[O-])c1. The van der Waals surface area contributed by atoms with Gasteiger partial charge in [-0.2, -0.15) is 0 Å². The number of aryl methyl sites for hydroxylation is 1. The molecule has 15 heavy (non-hydrogen) atoms. The molecular weight excluding hydrogens is 212 g/mol. The Morgan fingerprint density at radius 3 is 2.93 bits per heavy atom. The van der Waals surface area contributed by atoms with Gasteiger partial charge in [0.15, 0.2) is 0 Å². The van der Waals surface area contributed by atoms with Crippen molar-refractivity contribution in [1.29, 1.82) is 0 Å². The Morgan fingerprint density at radius 1 is 1.47 bits per heavy atom. The van der Waals surface area contributed by atoms with Crippen molar-refractivity contribution >= 4 is 11.1 Å². The standard InChI is InChI=1S/C11H16O3S/c1-2-7-14-11-5-3-4-10(9-11)6-8-15(12)13/h3-5,9H,2,6-8H2,1H3,(H,12,13)/p-1. The molecule has 0 aliphatic carbocycles. The van der Waals surface area contributed by atoms with Crippen molar-refractivity contribution in [1.82, 2.24) is 0 Å². The third-order valence-corrected chi connectivity index (χ3v) is 2.47. The molecule has 0 saturated heterocycles. The van der Waals surface area contributed by atoms with E-state index < -0.39 is 11.1 Å². The molecule has 1 unspecified atom stereocenters. The summed E-state index contributed by atoms with van der Waals surface area (Å²) in [6, 6.07) is 7.57. The van der Waals surface area contributed by atoms with Gasteiger partial charge in [0.2, 0.25) is 0 Å². The first-order valence-electron chi connectivity index (χ1n) is 5.00. The molecule has 4 heteroatoms. The molecule has 0 bridgehead atoms. The van der Waals surface area contributed by atoms with Gasteiger partial charge in [-0.05, 0) is 30.5 Å². The summed E-state index contributed by atoms with van der Waals surface area (Å²) >= 11 is -1.97. The van der Waals surface area contributed by atoms with Crippen LogP contribution in [0.25, 0.3) is 0 Å². The predicted molar refractivity (Wildman–Crippen MR) is 59.7 cm³/mol. The fraction of sp³-hybridized carbons (Fsp3) is 0.455. The Bertz CT molecular complexity index is 325. The highest BCUT2D eigenvalue weighted by atomic mass is 32.2. The summed E-state index contributed by atoms with van der Waals surface area (Å²) in [5.74, 6) is 0.975. The average molecular weight is 227 g/mol. The van der Waals surface area contributed by atoms with Gasteiger partial charge in [-0.3, -0.25) is 4.21 Å². The third-order valence-electron chi connectivity index (χ3n) is 1.93. The molecule has 0 heterocycles. The minimum Gasteiger partial charge on any atom is -0.772 e. The van der Waals surface area contributed by atoms with Crippen LogP contribution in [0.5, 0.6) is 5.75 Å². The van der Waals surface area contributed by atoms with Gasteiger partial charge in [0.05, 0.1) is 6.61 Å². The summed E-state index contributed by atoms with van der Waals surface area (Å²) in [6.07, 6.45) is 1.51. The van der Waals surface area contributed by atoms with E-state index in [1.54, 1.807) is 0 Å². The van der Waals surface area contributed by atoms with Crippen molar-refractivity contribution in [2.45, 2.75) is 19.8 Å². The fourth-order valence-corrected chi connectivity index (χ4v) is 1.61. The molecule has 1 aromatic rings. The summed E-state index contributed by atoms with van der Waals surface area (Å²) in [6.45, 7) is 2.74. The number of rotatable bonds is 6. The maximum absolute atomic E-state index is 10.4. The van der Waals surface area contributed by atoms with Crippen molar-refractivity contribution < 1.29 is 13.5 Å². The molecule has 1 aromatic carbocycles. The van der Waals surface area contributed by atoms with Crippen LogP contribution in [0.2, 0.25) is 0 Å². The smallest absolute Gasteiger partial charge is 0.119 e. The molecule has 3 nitrogen and oxygen atoms in total. The zero-order chi connectivity index (χ0) is 11.1. The topological polar surface area (TPSA) is 49.4 Å². The van der Waals surface area contributed by atoms with Gasteiger partial charge in [0.1, 0.15) is 5.75 Å². The average Bonchev–Trinajstić information content (AvgIpc) is 2.24. The summed E-state index contributed by atoms with van der Waals surface area (Å²) < 4.78 is 26.2. The quantitative estimate of drug-likeness (QED) is 0.697. The first kappa shape index (κ1) is 12.2. The minimum absolute atomic E-state index is 0.164.